The van der Waals surface area contributed by atoms with Crippen LogP contribution in [0, 0.1) is 0 Å². The highest BCUT2D eigenvalue weighted by Crippen LogP contribution is 2.32. The molecule has 3 rings (SSSR count). The Kier molecular flexibility index (Phi) is 5.87. The van der Waals surface area contributed by atoms with Crippen molar-refractivity contribution in [3.05, 3.63) is 58.6 Å². The molecule has 0 aliphatic carbocycles. The van der Waals surface area contributed by atoms with Crippen molar-refractivity contribution in [2.75, 3.05) is 7.11 Å². The number of amides is 2. The molecule has 2 amide bonds. The molecule has 1 aliphatic rings. The summed E-state index contributed by atoms with van der Waals surface area (Å²) in [6, 6.07) is 9.74. The predicted octanol–water partition coefficient (Wildman–Crippen LogP) is 2.03. The minimum Gasteiger partial charge on any atom is -0.493 e. The van der Waals surface area contributed by atoms with Crippen LogP contribution in [0.4, 0.5) is 0 Å². The first-order valence-electron chi connectivity index (χ1n) is 7.96. The second-order valence-electron chi connectivity index (χ2n) is 5.70. The van der Waals surface area contributed by atoms with Crippen molar-refractivity contribution >= 4 is 56.9 Å². The molecule has 0 radical (unpaired) electrons. The van der Waals surface area contributed by atoms with Crippen LogP contribution in [-0.4, -0.2) is 32.5 Å². The molecule has 1 heterocycles. The monoisotopic (exact) mass is 452 g/mol. The number of carbonyl (C=O) groups excluding carboxylic acids is 2. The van der Waals surface area contributed by atoms with Gasteiger partial charge in [0.15, 0.2) is 16.6 Å². The number of hydrogen-bond donors (Lipinski definition) is 2. The van der Waals surface area contributed by atoms with Gasteiger partial charge in [-0.1, -0.05) is 17.7 Å². The van der Waals surface area contributed by atoms with Crippen molar-refractivity contribution in [1.29, 1.82) is 0 Å². The van der Waals surface area contributed by atoms with Crippen LogP contribution in [-0.2, 0) is 19.7 Å². The average molecular weight is 453 g/mol. The fourth-order valence-corrected chi connectivity index (χ4v) is 3.63. The van der Waals surface area contributed by atoms with E-state index < -0.39 is 21.9 Å². The van der Waals surface area contributed by atoms with Gasteiger partial charge in [-0.2, -0.15) is 8.42 Å². The van der Waals surface area contributed by atoms with Gasteiger partial charge in [0.1, 0.15) is 10.5 Å². The van der Waals surface area contributed by atoms with E-state index in [1.54, 1.807) is 0 Å². The Bertz CT molecular complexity index is 1120. The van der Waals surface area contributed by atoms with Gasteiger partial charge in [0.25, 0.3) is 11.8 Å². The Balaban J connectivity index is 1.96. The molecule has 0 bridgehead atoms. The maximum absolute atomic E-state index is 12.5. The molecule has 150 valence electrons. The molecule has 0 spiro atoms. The van der Waals surface area contributed by atoms with Crippen LogP contribution in [0.5, 0.6) is 11.5 Å². The normalized spacial score (nSPS) is 14.1. The molecule has 8 nitrogen and oxygen atoms in total. The molecule has 0 unspecified atom stereocenters. The molecule has 11 heteroatoms. The van der Waals surface area contributed by atoms with Crippen LogP contribution in [0.25, 0.3) is 6.08 Å². The lowest BCUT2D eigenvalue weighted by Crippen LogP contribution is -2.51. The van der Waals surface area contributed by atoms with E-state index in [9.17, 15) is 18.0 Å². The molecule has 2 aromatic rings. The maximum Gasteiger partial charge on any atom is 0.339 e. The Morgan fingerprint density at radius 2 is 1.62 bits per heavy atom. The first kappa shape index (κ1) is 20.8. The summed E-state index contributed by atoms with van der Waals surface area (Å²) in [5.41, 5.74) is 0.135. The molecular weight excluding hydrogens is 440 g/mol. The van der Waals surface area contributed by atoms with Crippen molar-refractivity contribution in [3.63, 3.8) is 0 Å². The number of methoxy groups -OCH3 is 1. The molecule has 0 saturated carbocycles. The van der Waals surface area contributed by atoms with E-state index in [0.717, 1.165) is 0 Å². The number of benzene rings is 2. The van der Waals surface area contributed by atoms with Gasteiger partial charge in [-0.15, -0.1) is 0 Å². The Morgan fingerprint density at radius 1 is 1.00 bits per heavy atom. The highest BCUT2D eigenvalue weighted by Gasteiger charge is 2.26. The summed E-state index contributed by atoms with van der Waals surface area (Å²) in [4.78, 5) is 23.9. The number of hydrogen-bond acceptors (Lipinski definition) is 7. The number of thiocarbonyl (C=S) groups is 1. The van der Waals surface area contributed by atoms with Crippen molar-refractivity contribution in [1.82, 2.24) is 10.6 Å². The molecule has 2 N–H and O–H groups in total. The SMILES string of the molecule is COc1ccc(C=C2C(=O)NC(=S)NC2=O)cc1OS(=O)(=O)c1ccc(Cl)cc1. The van der Waals surface area contributed by atoms with Gasteiger partial charge in [-0.3, -0.25) is 20.2 Å². The van der Waals surface area contributed by atoms with Gasteiger partial charge in [-0.05, 0) is 60.3 Å². The summed E-state index contributed by atoms with van der Waals surface area (Å²) in [7, 11) is -2.83. The number of nitrogens with one attached hydrogen (secondary N) is 2. The van der Waals surface area contributed by atoms with E-state index in [1.165, 1.54) is 55.7 Å². The second kappa shape index (κ2) is 8.19. The highest BCUT2D eigenvalue weighted by molar-refractivity contribution is 7.87. The summed E-state index contributed by atoms with van der Waals surface area (Å²) in [5, 5.41) is 4.90. The maximum atomic E-state index is 12.5. The Morgan fingerprint density at radius 3 is 2.21 bits per heavy atom. The number of halogens is 1. The molecule has 1 aliphatic heterocycles. The van der Waals surface area contributed by atoms with E-state index in [2.05, 4.69) is 10.6 Å². The summed E-state index contributed by atoms with van der Waals surface area (Å²) in [6.45, 7) is 0. The van der Waals surface area contributed by atoms with Gasteiger partial charge in [-0.25, -0.2) is 0 Å². The van der Waals surface area contributed by atoms with Gasteiger partial charge < -0.3 is 8.92 Å². The van der Waals surface area contributed by atoms with E-state index in [1.807, 2.05) is 0 Å². The third kappa shape index (κ3) is 4.73. The van der Waals surface area contributed by atoms with Crippen LogP contribution in [0.1, 0.15) is 5.56 Å². The van der Waals surface area contributed by atoms with Gasteiger partial charge >= 0.3 is 10.1 Å². The summed E-state index contributed by atoms with van der Waals surface area (Å²) in [6.07, 6.45) is 1.27. The van der Waals surface area contributed by atoms with E-state index in [0.29, 0.717) is 10.6 Å². The van der Waals surface area contributed by atoms with Gasteiger partial charge in [0.2, 0.25) is 0 Å². The van der Waals surface area contributed by atoms with Crippen LogP contribution < -0.4 is 19.6 Å². The van der Waals surface area contributed by atoms with E-state index in [4.69, 9.17) is 32.7 Å². The lowest BCUT2D eigenvalue weighted by molar-refractivity contribution is -0.123. The minimum absolute atomic E-state index is 0.0926. The van der Waals surface area contributed by atoms with E-state index in [-0.39, 0.29) is 27.1 Å². The molecule has 1 fully saturated rings. The zero-order chi connectivity index (χ0) is 21.2. The first-order chi connectivity index (χ1) is 13.7. The molecule has 0 atom stereocenters. The second-order valence-corrected chi connectivity index (χ2v) is 8.09. The lowest BCUT2D eigenvalue weighted by Gasteiger charge is -2.16. The van der Waals surface area contributed by atoms with Gasteiger partial charge in [0, 0.05) is 5.02 Å². The number of rotatable bonds is 5. The molecule has 2 aromatic carbocycles. The van der Waals surface area contributed by atoms with Crippen molar-refractivity contribution in [2.45, 2.75) is 4.90 Å². The topological polar surface area (TPSA) is 111 Å². The predicted molar refractivity (Wildman–Crippen MR) is 109 cm³/mol. The van der Waals surface area contributed by atoms with Crippen LogP contribution in [0.15, 0.2) is 52.9 Å². The molecule has 29 heavy (non-hydrogen) atoms. The fraction of sp³-hybridized carbons (Fsp3) is 0.0556. The Labute approximate surface area is 176 Å². The van der Waals surface area contributed by atoms with Crippen molar-refractivity contribution in [3.8, 4) is 11.5 Å². The minimum atomic E-state index is -4.18. The van der Waals surface area contributed by atoms with Crippen molar-refractivity contribution < 1.29 is 26.9 Å². The summed E-state index contributed by atoms with van der Waals surface area (Å²) in [5.74, 6) is -1.33. The third-order valence-corrected chi connectivity index (χ3v) is 5.45. The quantitative estimate of drug-likeness (QED) is 0.309. The smallest absolute Gasteiger partial charge is 0.339 e. The van der Waals surface area contributed by atoms with Crippen molar-refractivity contribution in [2.24, 2.45) is 0 Å². The molecular formula is C18H13ClN2O6S2. The summed E-state index contributed by atoms with van der Waals surface area (Å²) >= 11 is 10.5. The lowest BCUT2D eigenvalue weighted by atomic mass is 10.1. The Hall–Kier alpha value is -2.95. The van der Waals surface area contributed by atoms with E-state index >= 15 is 0 Å². The van der Waals surface area contributed by atoms with Gasteiger partial charge in [0.05, 0.1) is 7.11 Å². The largest absolute Gasteiger partial charge is 0.493 e. The van der Waals surface area contributed by atoms with Crippen LogP contribution >= 0.6 is 23.8 Å². The first-order valence-corrected chi connectivity index (χ1v) is 10.2. The zero-order valence-corrected chi connectivity index (χ0v) is 17.2. The van der Waals surface area contributed by atoms with Crippen LogP contribution in [0.3, 0.4) is 0 Å². The standard InChI is InChI=1S/C18H13ClN2O6S2/c1-26-14-7-2-10(8-13-16(22)20-18(28)21-17(13)23)9-15(14)27-29(24,25)12-5-3-11(19)4-6-12/h2-9H,1H3,(H2,20,21,22,23,28). The molecule has 0 aromatic heterocycles. The molecule has 1 saturated heterocycles. The average Bonchev–Trinajstić information content (AvgIpc) is 2.65. The third-order valence-electron chi connectivity index (χ3n) is 3.74. The highest BCUT2D eigenvalue weighted by atomic mass is 35.5. The fourth-order valence-electron chi connectivity index (χ4n) is 2.39. The zero-order valence-electron chi connectivity index (χ0n) is 14.8. The summed E-state index contributed by atoms with van der Waals surface area (Å²) < 4.78 is 35.4. The number of ether oxygens (including phenoxy) is 1. The number of carbonyl (C=O) groups is 2. The van der Waals surface area contributed by atoms with Crippen LogP contribution in [0.2, 0.25) is 5.02 Å².